The van der Waals surface area contributed by atoms with Crippen LogP contribution in [0.5, 0.6) is 5.75 Å². The van der Waals surface area contributed by atoms with Gasteiger partial charge in [0.2, 0.25) is 0 Å². The molecule has 0 aliphatic carbocycles. The number of ether oxygens (including phenoxy) is 1. The Bertz CT molecular complexity index is 639. The van der Waals surface area contributed by atoms with Crippen LogP contribution in [0, 0.1) is 5.82 Å². The number of fused-ring (bicyclic) bond motifs is 1. The Labute approximate surface area is 116 Å². The van der Waals surface area contributed by atoms with E-state index >= 15 is 0 Å². The zero-order chi connectivity index (χ0) is 14.1. The Morgan fingerprint density at radius 2 is 1.90 bits per heavy atom. The predicted molar refractivity (Wildman–Crippen MR) is 74.6 cm³/mol. The number of halogens is 1. The first-order valence-electron chi connectivity index (χ1n) is 6.48. The molecule has 1 amide bonds. The summed E-state index contributed by atoms with van der Waals surface area (Å²) in [6.45, 7) is 2.40. The van der Waals surface area contributed by atoms with Gasteiger partial charge in [0.15, 0.2) is 0 Å². The minimum absolute atomic E-state index is 0.0747. The van der Waals surface area contributed by atoms with Gasteiger partial charge in [-0.15, -0.1) is 0 Å². The zero-order valence-electron chi connectivity index (χ0n) is 11.0. The van der Waals surface area contributed by atoms with Gasteiger partial charge in [-0.1, -0.05) is 12.1 Å². The van der Waals surface area contributed by atoms with Gasteiger partial charge in [-0.3, -0.25) is 4.79 Å². The number of para-hydroxylation sites is 2. The van der Waals surface area contributed by atoms with Crippen LogP contribution in [0.2, 0.25) is 0 Å². The Kier molecular flexibility index (Phi) is 3.14. The summed E-state index contributed by atoms with van der Waals surface area (Å²) in [5.41, 5.74) is 1.22. The standard InChI is InChI=1S/C16H14FNO2/c1-11-10-18(14-4-2-3-5-15(14)20-11)16(19)12-6-8-13(17)9-7-12/h2-9,11H,10H2,1H3/t11-/m1/s1. The van der Waals surface area contributed by atoms with Gasteiger partial charge in [-0.25, -0.2) is 4.39 Å². The van der Waals surface area contributed by atoms with Gasteiger partial charge in [-0.05, 0) is 43.3 Å². The smallest absolute Gasteiger partial charge is 0.258 e. The fourth-order valence-corrected chi connectivity index (χ4v) is 2.33. The van der Waals surface area contributed by atoms with Gasteiger partial charge in [0.05, 0.1) is 12.2 Å². The topological polar surface area (TPSA) is 29.5 Å². The lowest BCUT2D eigenvalue weighted by Gasteiger charge is -2.33. The lowest BCUT2D eigenvalue weighted by Crippen LogP contribution is -2.42. The Morgan fingerprint density at radius 3 is 2.65 bits per heavy atom. The van der Waals surface area contributed by atoms with Crippen LogP contribution < -0.4 is 9.64 Å². The second-order valence-corrected chi connectivity index (χ2v) is 4.82. The number of nitrogens with zero attached hydrogens (tertiary/aromatic N) is 1. The van der Waals surface area contributed by atoms with Gasteiger partial charge in [-0.2, -0.15) is 0 Å². The van der Waals surface area contributed by atoms with Gasteiger partial charge < -0.3 is 9.64 Å². The second kappa shape index (κ2) is 4.96. The average Bonchev–Trinajstić information content (AvgIpc) is 2.46. The number of hydrogen-bond donors (Lipinski definition) is 0. The largest absolute Gasteiger partial charge is 0.487 e. The SMILES string of the molecule is C[C@@H]1CN(C(=O)c2ccc(F)cc2)c2ccccc2O1. The summed E-state index contributed by atoms with van der Waals surface area (Å²) in [7, 11) is 0. The lowest BCUT2D eigenvalue weighted by molar-refractivity contribution is 0.0961. The summed E-state index contributed by atoms with van der Waals surface area (Å²) in [4.78, 5) is 14.2. The highest BCUT2D eigenvalue weighted by Crippen LogP contribution is 2.33. The molecule has 0 unspecified atom stereocenters. The Hall–Kier alpha value is -2.36. The summed E-state index contributed by atoms with van der Waals surface area (Å²) in [6.07, 6.45) is -0.0747. The van der Waals surface area contributed by atoms with E-state index in [0.29, 0.717) is 17.9 Å². The summed E-state index contributed by atoms with van der Waals surface area (Å²) < 4.78 is 18.7. The molecular weight excluding hydrogens is 257 g/mol. The molecule has 20 heavy (non-hydrogen) atoms. The van der Waals surface area contributed by atoms with Crippen molar-refractivity contribution in [1.29, 1.82) is 0 Å². The molecule has 1 aliphatic rings. The number of rotatable bonds is 1. The van der Waals surface area contributed by atoms with Crippen molar-refractivity contribution in [2.75, 3.05) is 11.4 Å². The van der Waals surface area contributed by atoms with E-state index in [4.69, 9.17) is 4.74 Å². The third-order valence-electron chi connectivity index (χ3n) is 3.26. The molecule has 2 aromatic carbocycles. The Morgan fingerprint density at radius 1 is 1.20 bits per heavy atom. The van der Waals surface area contributed by atoms with Crippen molar-refractivity contribution in [2.24, 2.45) is 0 Å². The lowest BCUT2D eigenvalue weighted by atomic mass is 10.1. The van der Waals surface area contributed by atoms with Crippen LogP contribution in [0.25, 0.3) is 0 Å². The molecule has 0 bridgehead atoms. The average molecular weight is 271 g/mol. The molecule has 0 radical (unpaired) electrons. The van der Waals surface area contributed by atoms with Crippen LogP contribution in [0.4, 0.5) is 10.1 Å². The number of carbonyl (C=O) groups is 1. The first kappa shape index (κ1) is 12.7. The van der Waals surface area contributed by atoms with Crippen molar-refractivity contribution in [3.05, 3.63) is 59.9 Å². The quantitative estimate of drug-likeness (QED) is 0.796. The molecule has 1 aliphatic heterocycles. The molecule has 102 valence electrons. The van der Waals surface area contributed by atoms with Crippen LogP contribution in [0.1, 0.15) is 17.3 Å². The monoisotopic (exact) mass is 271 g/mol. The van der Waals surface area contributed by atoms with E-state index in [9.17, 15) is 9.18 Å². The highest BCUT2D eigenvalue weighted by Gasteiger charge is 2.27. The van der Waals surface area contributed by atoms with E-state index < -0.39 is 0 Å². The fourth-order valence-electron chi connectivity index (χ4n) is 2.33. The first-order valence-corrected chi connectivity index (χ1v) is 6.48. The summed E-state index contributed by atoms with van der Waals surface area (Å²) in [5.74, 6) is 0.201. The van der Waals surface area contributed by atoms with E-state index in [-0.39, 0.29) is 17.8 Å². The highest BCUT2D eigenvalue weighted by atomic mass is 19.1. The normalized spacial score (nSPS) is 17.3. The van der Waals surface area contributed by atoms with E-state index in [1.165, 1.54) is 24.3 Å². The maximum atomic E-state index is 12.9. The van der Waals surface area contributed by atoms with Crippen LogP contribution in [0.15, 0.2) is 48.5 Å². The molecule has 0 saturated carbocycles. The van der Waals surface area contributed by atoms with Gasteiger partial charge in [0.25, 0.3) is 5.91 Å². The molecule has 2 aromatic rings. The number of hydrogen-bond acceptors (Lipinski definition) is 2. The van der Waals surface area contributed by atoms with E-state index in [1.807, 2.05) is 31.2 Å². The molecule has 1 atom stereocenters. The number of benzene rings is 2. The summed E-state index contributed by atoms with van der Waals surface area (Å²) >= 11 is 0. The predicted octanol–water partition coefficient (Wildman–Crippen LogP) is 3.25. The maximum Gasteiger partial charge on any atom is 0.258 e. The molecule has 0 saturated heterocycles. The molecule has 0 aromatic heterocycles. The van der Waals surface area contributed by atoms with Crippen molar-refractivity contribution in [1.82, 2.24) is 0 Å². The third kappa shape index (κ3) is 2.25. The number of anilines is 1. The van der Waals surface area contributed by atoms with Crippen molar-refractivity contribution in [2.45, 2.75) is 13.0 Å². The van der Waals surface area contributed by atoms with Gasteiger partial charge in [0, 0.05) is 5.56 Å². The van der Waals surface area contributed by atoms with Crippen molar-refractivity contribution < 1.29 is 13.9 Å². The van der Waals surface area contributed by atoms with Gasteiger partial charge >= 0.3 is 0 Å². The van der Waals surface area contributed by atoms with Crippen LogP contribution in [-0.4, -0.2) is 18.6 Å². The van der Waals surface area contributed by atoms with E-state index in [0.717, 1.165) is 5.69 Å². The van der Waals surface area contributed by atoms with E-state index in [2.05, 4.69) is 0 Å². The number of carbonyl (C=O) groups excluding carboxylic acids is 1. The molecule has 3 nitrogen and oxygen atoms in total. The first-order chi connectivity index (χ1) is 9.65. The van der Waals surface area contributed by atoms with Crippen molar-refractivity contribution in [3.63, 3.8) is 0 Å². The molecule has 3 rings (SSSR count). The molecule has 0 fully saturated rings. The molecule has 1 heterocycles. The maximum absolute atomic E-state index is 12.9. The van der Waals surface area contributed by atoms with Crippen LogP contribution in [-0.2, 0) is 0 Å². The van der Waals surface area contributed by atoms with Crippen molar-refractivity contribution >= 4 is 11.6 Å². The van der Waals surface area contributed by atoms with Crippen molar-refractivity contribution in [3.8, 4) is 5.75 Å². The molecule has 0 spiro atoms. The van der Waals surface area contributed by atoms with E-state index in [1.54, 1.807) is 4.90 Å². The van der Waals surface area contributed by atoms with Crippen LogP contribution >= 0.6 is 0 Å². The highest BCUT2D eigenvalue weighted by molar-refractivity contribution is 6.07. The summed E-state index contributed by atoms with van der Waals surface area (Å²) in [6, 6.07) is 13.0. The minimum Gasteiger partial charge on any atom is -0.487 e. The minimum atomic E-state index is -0.350. The zero-order valence-corrected chi connectivity index (χ0v) is 11.0. The van der Waals surface area contributed by atoms with Crippen LogP contribution in [0.3, 0.4) is 0 Å². The summed E-state index contributed by atoms with van der Waals surface area (Å²) in [5, 5.41) is 0. The third-order valence-corrected chi connectivity index (χ3v) is 3.26. The second-order valence-electron chi connectivity index (χ2n) is 4.82. The number of amides is 1. The molecule has 0 N–H and O–H groups in total. The fraction of sp³-hybridized carbons (Fsp3) is 0.188. The Balaban J connectivity index is 1.97. The van der Waals surface area contributed by atoms with Gasteiger partial charge in [0.1, 0.15) is 17.7 Å². The molecule has 4 heteroatoms. The molecular formula is C16H14FNO2.